The summed E-state index contributed by atoms with van der Waals surface area (Å²) in [5, 5.41) is 2.51. The van der Waals surface area contributed by atoms with Crippen LogP contribution in [0.15, 0.2) is 12.1 Å². The fraction of sp³-hybridized carbons (Fsp3) is 0.571. The maximum absolute atomic E-state index is 12.6. The van der Waals surface area contributed by atoms with Crippen molar-refractivity contribution in [3.63, 3.8) is 0 Å². The van der Waals surface area contributed by atoms with Gasteiger partial charge in [-0.2, -0.15) is 13.2 Å². The van der Waals surface area contributed by atoms with Gasteiger partial charge < -0.3 is 10.1 Å². The Morgan fingerprint density at radius 1 is 1.41 bits per heavy atom. The number of alkyl halides is 3. The number of hydrogen-bond acceptors (Lipinski definition) is 3. The Morgan fingerprint density at radius 3 is 2.59 bits per heavy atom. The van der Waals surface area contributed by atoms with E-state index < -0.39 is 17.9 Å². The third kappa shape index (κ3) is 4.10. The van der Waals surface area contributed by atoms with Crippen LogP contribution in [0.5, 0.6) is 0 Å². The van der Waals surface area contributed by atoms with Crippen molar-refractivity contribution in [2.75, 3.05) is 13.2 Å². The van der Waals surface area contributed by atoms with Crippen molar-refractivity contribution < 1.29 is 22.7 Å². The lowest BCUT2D eigenvalue weighted by Gasteiger charge is -2.24. The molecule has 4 nitrogen and oxygen atoms in total. The molecule has 0 aromatic carbocycles. The van der Waals surface area contributed by atoms with Crippen molar-refractivity contribution in [2.45, 2.75) is 32.0 Å². The minimum absolute atomic E-state index is 0.141. The molecule has 0 bridgehead atoms. The molecule has 0 unspecified atom stereocenters. The van der Waals surface area contributed by atoms with E-state index >= 15 is 0 Å². The molecule has 1 N–H and O–H groups in total. The van der Waals surface area contributed by atoms with Crippen LogP contribution in [-0.2, 0) is 15.7 Å². The molecular formula is C14H16ClF3N2O2. The van der Waals surface area contributed by atoms with Crippen LogP contribution < -0.4 is 5.32 Å². The zero-order valence-electron chi connectivity index (χ0n) is 11.9. The molecule has 0 spiro atoms. The van der Waals surface area contributed by atoms with E-state index in [0.29, 0.717) is 31.6 Å². The summed E-state index contributed by atoms with van der Waals surface area (Å²) in [5.41, 5.74) is -0.695. The number of carbonyl (C=O) groups excluding carboxylic acids is 1. The summed E-state index contributed by atoms with van der Waals surface area (Å²) in [6.45, 7) is 2.73. The number of aromatic nitrogens is 1. The summed E-state index contributed by atoms with van der Waals surface area (Å²) in [7, 11) is 0. The smallest absolute Gasteiger partial charge is 0.381 e. The number of hydrogen-bond donors (Lipinski definition) is 1. The second-order valence-corrected chi connectivity index (χ2v) is 5.55. The molecule has 1 aliphatic heterocycles. The first kappa shape index (κ1) is 17.0. The quantitative estimate of drug-likeness (QED) is 0.861. The third-order valence-corrected chi connectivity index (χ3v) is 3.89. The number of rotatable bonds is 3. The Labute approximate surface area is 131 Å². The minimum atomic E-state index is -4.54. The number of halogens is 4. The summed E-state index contributed by atoms with van der Waals surface area (Å²) < 4.78 is 42.8. The van der Waals surface area contributed by atoms with Gasteiger partial charge in [0.25, 0.3) is 0 Å². The standard InChI is InChI=1S/C14H16ClF3N2O2/c1-8(19-13(21)9-4-6-22-7-5-9)10-2-3-11(14(16,17)18)20-12(10)15/h2-3,8-9H,4-7H2,1H3,(H,19,21)/t8-/m1/s1. The molecule has 1 aromatic rings. The van der Waals surface area contributed by atoms with Gasteiger partial charge in [0.05, 0.1) is 6.04 Å². The van der Waals surface area contributed by atoms with E-state index in [-0.39, 0.29) is 17.0 Å². The largest absolute Gasteiger partial charge is 0.433 e. The van der Waals surface area contributed by atoms with Crippen LogP contribution in [0.3, 0.4) is 0 Å². The lowest BCUT2D eigenvalue weighted by atomic mass is 9.98. The van der Waals surface area contributed by atoms with Crippen LogP contribution in [0.25, 0.3) is 0 Å². The van der Waals surface area contributed by atoms with Crippen LogP contribution in [0, 0.1) is 5.92 Å². The molecule has 1 saturated heterocycles. The second-order valence-electron chi connectivity index (χ2n) is 5.19. The van der Waals surface area contributed by atoms with Crippen molar-refractivity contribution in [2.24, 2.45) is 5.92 Å². The molecule has 1 aliphatic rings. The minimum Gasteiger partial charge on any atom is -0.381 e. The van der Waals surface area contributed by atoms with Crippen molar-refractivity contribution in [3.8, 4) is 0 Å². The zero-order chi connectivity index (χ0) is 16.3. The first-order chi connectivity index (χ1) is 10.3. The average molecular weight is 337 g/mol. The highest BCUT2D eigenvalue weighted by Crippen LogP contribution is 2.31. The van der Waals surface area contributed by atoms with Crippen molar-refractivity contribution in [3.05, 3.63) is 28.5 Å². The maximum atomic E-state index is 12.6. The van der Waals surface area contributed by atoms with Crippen molar-refractivity contribution in [1.29, 1.82) is 0 Å². The molecule has 0 radical (unpaired) electrons. The molecule has 2 rings (SSSR count). The predicted octanol–water partition coefficient (Wildman–Crippen LogP) is 3.36. The first-order valence-corrected chi connectivity index (χ1v) is 7.28. The third-order valence-electron chi connectivity index (χ3n) is 3.59. The molecule has 22 heavy (non-hydrogen) atoms. The van der Waals surface area contributed by atoms with E-state index in [2.05, 4.69) is 10.3 Å². The Bertz CT molecular complexity index is 545. The normalized spacial score (nSPS) is 18.0. The molecular weight excluding hydrogens is 321 g/mol. The summed E-state index contributed by atoms with van der Waals surface area (Å²) >= 11 is 5.82. The van der Waals surface area contributed by atoms with Gasteiger partial charge in [0.2, 0.25) is 5.91 Å². The highest BCUT2D eigenvalue weighted by Gasteiger charge is 2.33. The number of pyridine rings is 1. The summed E-state index contributed by atoms with van der Waals surface area (Å²) in [5.74, 6) is -0.288. The lowest BCUT2D eigenvalue weighted by Crippen LogP contribution is -2.35. The van der Waals surface area contributed by atoms with E-state index in [4.69, 9.17) is 16.3 Å². The SMILES string of the molecule is C[C@@H](NC(=O)C1CCOCC1)c1ccc(C(F)(F)F)nc1Cl. The van der Waals surface area contributed by atoms with E-state index in [1.54, 1.807) is 6.92 Å². The highest BCUT2D eigenvalue weighted by atomic mass is 35.5. The van der Waals surface area contributed by atoms with Crippen LogP contribution in [0.2, 0.25) is 5.15 Å². The Hall–Kier alpha value is -1.34. The van der Waals surface area contributed by atoms with Gasteiger partial charge in [-0.05, 0) is 25.8 Å². The molecule has 1 fully saturated rings. The molecule has 122 valence electrons. The number of carbonyl (C=O) groups is 1. The fourth-order valence-corrected chi connectivity index (χ4v) is 2.61. The molecule has 1 aromatic heterocycles. The van der Waals surface area contributed by atoms with Gasteiger partial charge >= 0.3 is 6.18 Å². The van der Waals surface area contributed by atoms with Gasteiger partial charge in [-0.3, -0.25) is 4.79 Å². The second kappa shape index (κ2) is 6.83. The van der Waals surface area contributed by atoms with Gasteiger partial charge in [-0.1, -0.05) is 17.7 Å². The molecule has 0 aliphatic carbocycles. The van der Waals surface area contributed by atoms with Gasteiger partial charge in [0.1, 0.15) is 10.8 Å². The highest BCUT2D eigenvalue weighted by molar-refractivity contribution is 6.30. The summed E-state index contributed by atoms with van der Waals surface area (Å²) in [4.78, 5) is 15.5. The topological polar surface area (TPSA) is 51.2 Å². The number of amides is 1. The molecule has 0 saturated carbocycles. The maximum Gasteiger partial charge on any atom is 0.433 e. The van der Waals surface area contributed by atoms with Gasteiger partial charge in [0.15, 0.2) is 0 Å². The van der Waals surface area contributed by atoms with Gasteiger partial charge in [-0.15, -0.1) is 0 Å². The Kier molecular flexibility index (Phi) is 5.28. The monoisotopic (exact) mass is 336 g/mol. The van der Waals surface area contributed by atoms with Crippen LogP contribution in [0.1, 0.15) is 37.1 Å². The molecule has 8 heteroatoms. The Morgan fingerprint density at radius 2 is 2.05 bits per heavy atom. The van der Waals surface area contributed by atoms with Crippen molar-refractivity contribution in [1.82, 2.24) is 10.3 Å². The van der Waals surface area contributed by atoms with E-state index in [1.165, 1.54) is 6.07 Å². The lowest BCUT2D eigenvalue weighted by molar-refractivity contribution is -0.141. The fourth-order valence-electron chi connectivity index (χ4n) is 2.29. The van der Waals surface area contributed by atoms with E-state index in [1.807, 2.05) is 0 Å². The van der Waals surface area contributed by atoms with Gasteiger partial charge in [-0.25, -0.2) is 4.98 Å². The van der Waals surface area contributed by atoms with Gasteiger partial charge in [0, 0.05) is 24.7 Å². The number of nitrogens with one attached hydrogen (secondary N) is 1. The molecule has 2 heterocycles. The number of nitrogens with zero attached hydrogens (tertiary/aromatic N) is 1. The Balaban J connectivity index is 2.06. The van der Waals surface area contributed by atoms with Crippen LogP contribution >= 0.6 is 11.6 Å². The van der Waals surface area contributed by atoms with Crippen molar-refractivity contribution >= 4 is 17.5 Å². The summed E-state index contributed by atoms with van der Waals surface area (Å²) in [6, 6.07) is 1.59. The van der Waals surface area contributed by atoms with Crippen LogP contribution in [0.4, 0.5) is 13.2 Å². The average Bonchev–Trinajstić information content (AvgIpc) is 2.46. The van der Waals surface area contributed by atoms with Crippen LogP contribution in [-0.4, -0.2) is 24.1 Å². The zero-order valence-corrected chi connectivity index (χ0v) is 12.7. The summed E-state index contributed by atoms with van der Waals surface area (Å²) in [6.07, 6.45) is -3.27. The van der Waals surface area contributed by atoms with E-state index in [9.17, 15) is 18.0 Å². The molecule has 1 atom stereocenters. The number of ether oxygens (including phenoxy) is 1. The predicted molar refractivity (Wildman–Crippen MR) is 74.3 cm³/mol. The molecule has 1 amide bonds. The van der Waals surface area contributed by atoms with E-state index in [0.717, 1.165) is 6.07 Å². The first-order valence-electron chi connectivity index (χ1n) is 6.91.